The molecule has 2 N–H and O–H groups in total. The largest absolute Gasteiger partial charge is 0.391 e. The molecule has 1 rings (SSSR count). The van der Waals surface area contributed by atoms with Crippen LogP contribution in [0.25, 0.3) is 0 Å². The van der Waals surface area contributed by atoms with Gasteiger partial charge in [-0.1, -0.05) is 0 Å². The molecular formula is C10H19NO3. The number of aliphatic hydroxyl groups is 1. The van der Waals surface area contributed by atoms with Gasteiger partial charge in [0.2, 0.25) is 5.91 Å². The summed E-state index contributed by atoms with van der Waals surface area (Å²) in [5.74, 6) is -0.0797. The normalized spacial score (nSPS) is 32.6. The van der Waals surface area contributed by atoms with E-state index in [1.54, 1.807) is 0 Å². The highest BCUT2D eigenvalue weighted by Gasteiger charge is 2.29. The summed E-state index contributed by atoms with van der Waals surface area (Å²) in [4.78, 5) is 10.8. The summed E-state index contributed by atoms with van der Waals surface area (Å²) in [5, 5.41) is 12.5. The fourth-order valence-corrected chi connectivity index (χ4v) is 1.93. The second-order valence-electron chi connectivity index (χ2n) is 3.76. The molecule has 0 heterocycles. The number of carbonyl (C=O) groups is 1. The Kier molecular flexibility index (Phi) is 4.35. The van der Waals surface area contributed by atoms with Gasteiger partial charge in [0.1, 0.15) is 0 Å². The topological polar surface area (TPSA) is 58.6 Å². The van der Waals surface area contributed by atoms with E-state index < -0.39 is 6.10 Å². The molecule has 0 aliphatic heterocycles. The van der Waals surface area contributed by atoms with Crippen LogP contribution >= 0.6 is 0 Å². The predicted octanol–water partition coefficient (Wildman–Crippen LogP) is 0.441. The lowest BCUT2D eigenvalue weighted by Crippen LogP contribution is -2.47. The minimum atomic E-state index is -0.468. The molecule has 3 unspecified atom stereocenters. The second kappa shape index (κ2) is 5.32. The van der Waals surface area contributed by atoms with Gasteiger partial charge in [0.05, 0.1) is 18.2 Å². The van der Waals surface area contributed by atoms with Crippen LogP contribution in [0, 0.1) is 0 Å². The lowest BCUT2D eigenvalue weighted by molar-refractivity contribution is -0.121. The molecule has 0 radical (unpaired) electrons. The number of aliphatic hydroxyl groups excluding tert-OH is 1. The molecule has 4 heteroatoms. The molecule has 0 aromatic rings. The molecule has 1 amide bonds. The Balaban J connectivity index is 2.35. The van der Waals surface area contributed by atoms with E-state index in [-0.39, 0.29) is 18.1 Å². The number of rotatable bonds is 3. The van der Waals surface area contributed by atoms with Crippen molar-refractivity contribution in [2.45, 2.75) is 51.4 Å². The molecular weight excluding hydrogens is 182 g/mol. The van der Waals surface area contributed by atoms with Crippen molar-refractivity contribution in [3.63, 3.8) is 0 Å². The molecule has 0 aromatic carbocycles. The summed E-state index contributed by atoms with van der Waals surface area (Å²) >= 11 is 0. The average Bonchev–Trinajstić information content (AvgIpc) is 2.10. The van der Waals surface area contributed by atoms with Crippen LogP contribution in [0.3, 0.4) is 0 Å². The van der Waals surface area contributed by atoms with Crippen LogP contribution in [0.1, 0.15) is 33.1 Å². The molecule has 1 fully saturated rings. The van der Waals surface area contributed by atoms with Gasteiger partial charge in [-0.05, 0) is 19.8 Å². The highest BCUT2D eigenvalue weighted by molar-refractivity contribution is 5.73. The molecule has 0 aromatic heterocycles. The van der Waals surface area contributed by atoms with Gasteiger partial charge in [-0.15, -0.1) is 0 Å². The summed E-state index contributed by atoms with van der Waals surface area (Å²) in [6.45, 7) is 4.11. The quantitative estimate of drug-likeness (QED) is 0.696. The average molecular weight is 201 g/mol. The third-order valence-electron chi connectivity index (χ3n) is 2.56. The lowest BCUT2D eigenvalue weighted by atomic mass is 9.90. The second-order valence-corrected chi connectivity index (χ2v) is 3.76. The molecule has 4 nitrogen and oxygen atoms in total. The first-order valence-electron chi connectivity index (χ1n) is 5.20. The molecule has 1 aliphatic rings. The third kappa shape index (κ3) is 3.27. The number of amides is 1. The Morgan fingerprint density at radius 2 is 2.29 bits per heavy atom. The van der Waals surface area contributed by atoms with Gasteiger partial charge in [0.25, 0.3) is 0 Å². The van der Waals surface area contributed by atoms with Crippen LogP contribution < -0.4 is 5.32 Å². The highest BCUT2D eigenvalue weighted by atomic mass is 16.5. The summed E-state index contributed by atoms with van der Waals surface area (Å²) < 4.78 is 5.43. The first-order chi connectivity index (χ1) is 6.63. The van der Waals surface area contributed by atoms with Crippen LogP contribution in [-0.4, -0.2) is 35.9 Å². The first kappa shape index (κ1) is 11.5. The molecule has 1 saturated carbocycles. The summed E-state index contributed by atoms with van der Waals surface area (Å²) in [7, 11) is 0. The van der Waals surface area contributed by atoms with E-state index in [0.29, 0.717) is 13.0 Å². The number of hydrogen-bond donors (Lipinski definition) is 2. The van der Waals surface area contributed by atoms with Gasteiger partial charge in [-0.2, -0.15) is 0 Å². The van der Waals surface area contributed by atoms with Crippen molar-refractivity contribution in [1.82, 2.24) is 5.32 Å². The fourth-order valence-electron chi connectivity index (χ4n) is 1.93. The molecule has 3 atom stereocenters. The maximum atomic E-state index is 10.8. The van der Waals surface area contributed by atoms with Crippen molar-refractivity contribution in [3.8, 4) is 0 Å². The van der Waals surface area contributed by atoms with E-state index in [1.165, 1.54) is 6.92 Å². The van der Waals surface area contributed by atoms with Crippen molar-refractivity contribution in [2.75, 3.05) is 6.61 Å². The maximum Gasteiger partial charge on any atom is 0.217 e. The predicted molar refractivity (Wildman–Crippen MR) is 52.9 cm³/mol. The first-order valence-corrected chi connectivity index (χ1v) is 5.20. The van der Waals surface area contributed by atoms with Crippen LogP contribution in [0.4, 0.5) is 0 Å². The van der Waals surface area contributed by atoms with Crippen molar-refractivity contribution in [2.24, 2.45) is 0 Å². The van der Waals surface area contributed by atoms with E-state index in [1.807, 2.05) is 6.92 Å². The van der Waals surface area contributed by atoms with Crippen LogP contribution in [0.5, 0.6) is 0 Å². The Labute approximate surface area is 84.6 Å². The van der Waals surface area contributed by atoms with Gasteiger partial charge in [0, 0.05) is 20.0 Å². The van der Waals surface area contributed by atoms with Crippen molar-refractivity contribution >= 4 is 5.91 Å². The van der Waals surface area contributed by atoms with Crippen LogP contribution in [0.15, 0.2) is 0 Å². The van der Waals surface area contributed by atoms with E-state index >= 15 is 0 Å². The van der Waals surface area contributed by atoms with Gasteiger partial charge in [-0.3, -0.25) is 4.79 Å². The lowest BCUT2D eigenvalue weighted by Gasteiger charge is -2.33. The summed E-state index contributed by atoms with van der Waals surface area (Å²) in [6.07, 6.45) is 2.02. The summed E-state index contributed by atoms with van der Waals surface area (Å²) in [6, 6.07) is -0.0933. The van der Waals surface area contributed by atoms with E-state index in [2.05, 4.69) is 5.32 Å². The Hall–Kier alpha value is -0.610. The standard InChI is InChI=1S/C10H19NO3/c1-3-14-8-4-5-9(10(13)6-8)11-7(2)12/h8-10,13H,3-6H2,1-2H3,(H,11,12). The minimum Gasteiger partial charge on any atom is -0.391 e. The Morgan fingerprint density at radius 1 is 1.57 bits per heavy atom. The summed E-state index contributed by atoms with van der Waals surface area (Å²) in [5.41, 5.74) is 0. The highest BCUT2D eigenvalue weighted by Crippen LogP contribution is 2.21. The number of nitrogens with one attached hydrogen (secondary N) is 1. The van der Waals surface area contributed by atoms with Gasteiger partial charge >= 0.3 is 0 Å². The molecule has 1 aliphatic carbocycles. The minimum absolute atomic E-state index is 0.0797. The number of hydrogen-bond acceptors (Lipinski definition) is 3. The van der Waals surface area contributed by atoms with Crippen molar-refractivity contribution in [1.29, 1.82) is 0 Å². The van der Waals surface area contributed by atoms with Gasteiger partial charge in [-0.25, -0.2) is 0 Å². The van der Waals surface area contributed by atoms with E-state index in [0.717, 1.165) is 12.8 Å². The van der Waals surface area contributed by atoms with Crippen molar-refractivity contribution < 1.29 is 14.6 Å². The maximum absolute atomic E-state index is 10.8. The smallest absolute Gasteiger partial charge is 0.217 e. The fraction of sp³-hybridized carbons (Fsp3) is 0.900. The zero-order valence-electron chi connectivity index (χ0n) is 8.82. The Morgan fingerprint density at radius 3 is 2.79 bits per heavy atom. The molecule has 0 spiro atoms. The zero-order valence-corrected chi connectivity index (χ0v) is 8.82. The molecule has 0 saturated heterocycles. The monoisotopic (exact) mass is 201 g/mol. The van der Waals surface area contributed by atoms with Crippen molar-refractivity contribution in [3.05, 3.63) is 0 Å². The van der Waals surface area contributed by atoms with Gasteiger partial charge in [0.15, 0.2) is 0 Å². The molecule has 0 bridgehead atoms. The zero-order chi connectivity index (χ0) is 10.6. The SMILES string of the molecule is CCOC1CCC(NC(C)=O)C(O)C1. The molecule has 82 valence electrons. The van der Waals surface area contributed by atoms with Crippen LogP contribution in [-0.2, 0) is 9.53 Å². The molecule has 14 heavy (non-hydrogen) atoms. The van der Waals surface area contributed by atoms with E-state index in [4.69, 9.17) is 4.74 Å². The third-order valence-corrected chi connectivity index (χ3v) is 2.56. The van der Waals surface area contributed by atoms with Crippen LogP contribution in [0.2, 0.25) is 0 Å². The van der Waals surface area contributed by atoms with E-state index in [9.17, 15) is 9.90 Å². The number of carbonyl (C=O) groups excluding carboxylic acids is 1. The Bertz CT molecular complexity index is 196. The van der Waals surface area contributed by atoms with Gasteiger partial charge < -0.3 is 15.2 Å². The number of ether oxygens (including phenoxy) is 1.